The van der Waals surface area contributed by atoms with Crippen LogP contribution >= 0.6 is 0 Å². The van der Waals surface area contributed by atoms with Crippen LogP contribution in [0.5, 0.6) is 0 Å². The lowest BCUT2D eigenvalue weighted by atomic mass is 9.91. The van der Waals surface area contributed by atoms with Crippen LogP contribution < -0.4 is 9.13 Å². The van der Waals surface area contributed by atoms with Crippen molar-refractivity contribution in [2.24, 2.45) is 14.1 Å². The molecule has 0 spiro atoms. The molecule has 2 aromatic heterocycles. The summed E-state index contributed by atoms with van der Waals surface area (Å²) < 4.78 is 9.92. The molecule has 3 heteroatoms. The van der Waals surface area contributed by atoms with Crippen molar-refractivity contribution in [2.45, 2.75) is 20.8 Å². The Morgan fingerprint density at radius 2 is 1.59 bits per heavy atom. The zero-order valence-corrected chi connectivity index (χ0v) is 13.8. The molecule has 0 aliphatic heterocycles. The van der Waals surface area contributed by atoms with Crippen molar-refractivity contribution in [3.8, 4) is 22.7 Å². The van der Waals surface area contributed by atoms with Gasteiger partial charge in [0.25, 0.3) is 0 Å². The average molecular weight is 294 g/mol. The first kappa shape index (κ1) is 14.5. The topological polar surface area (TPSA) is 20.9 Å². The summed E-state index contributed by atoms with van der Waals surface area (Å²) in [7, 11) is 4.10. The monoisotopic (exact) mass is 294 g/mol. The molecule has 3 aromatic rings. The van der Waals surface area contributed by atoms with E-state index < -0.39 is 0 Å². The van der Waals surface area contributed by atoms with E-state index >= 15 is 0 Å². The van der Waals surface area contributed by atoms with Crippen molar-refractivity contribution in [3.05, 3.63) is 59.6 Å². The summed E-state index contributed by atoms with van der Waals surface area (Å²) in [6.45, 7) is 6.50. The van der Waals surface area contributed by atoms with Crippen molar-refractivity contribution >= 4 is 0 Å². The SMILES string of the molecule is Cc1cc(C)c(-c2occ[n+]2C)c(C)c1-c1cccc[n+]1C. The molecule has 0 saturated carbocycles. The highest BCUT2D eigenvalue weighted by atomic mass is 16.3. The highest BCUT2D eigenvalue weighted by Crippen LogP contribution is 2.34. The van der Waals surface area contributed by atoms with E-state index in [1.807, 2.05) is 17.8 Å². The largest absolute Gasteiger partial charge is 0.406 e. The van der Waals surface area contributed by atoms with Gasteiger partial charge in [-0.3, -0.25) is 0 Å². The Kier molecular flexibility index (Phi) is 3.57. The zero-order valence-electron chi connectivity index (χ0n) is 13.8. The van der Waals surface area contributed by atoms with Crippen LogP contribution in [0.2, 0.25) is 0 Å². The molecule has 0 aliphatic carbocycles. The lowest BCUT2D eigenvalue weighted by Crippen LogP contribution is -2.31. The second kappa shape index (κ2) is 5.41. The molecule has 0 amide bonds. The van der Waals surface area contributed by atoms with E-state index in [9.17, 15) is 0 Å². The maximum absolute atomic E-state index is 5.73. The highest BCUT2D eigenvalue weighted by molar-refractivity contribution is 5.76. The third-order valence-electron chi connectivity index (χ3n) is 4.28. The summed E-state index contributed by atoms with van der Waals surface area (Å²) in [4.78, 5) is 0. The molecule has 0 bridgehead atoms. The van der Waals surface area contributed by atoms with Gasteiger partial charge in [-0.2, -0.15) is 4.57 Å². The number of oxazole rings is 1. The van der Waals surface area contributed by atoms with E-state index in [4.69, 9.17) is 4.42 Å². The van der Waals surface area contributed by atoms with Crippen molar-refractivity contribution in [1.82, 2.24) is 0 Å². The highest BCUT2D eigenvalue weighted by Gasteiger charge is 2.25. The lowest BCUT2D eigenvalue weighted by Gasteiger charge is -2.13. The summed E-state index contributed by atoms with van der Waals surface area (Å²) in [5, 5.41) is 0. The number of nitrogens with zero attached hydrogens (tertiary/aromatic N) is 2. The summed E-state index contributed by atoms with van der Waals surface area (Å²) in [5.41, 5.74) is 7.45. The van der Waals surface area contributed by atoms with E-state index in [0.29, 0.717) is 0 Å². The van der Waals surface area contributed by atoms with Crippen molar-refractivity contribution in [1.29, 1.82) is 0 Å². The first-order valence-corrected chi connectivity index (χ1v) is 7.50. The summed E-state index contributed by atoms with van der Waals surface area (Å²) >= 11 is 0. The molecule has 112 valence electrons. The number of aryl methyl sites for hydroxylation is 4. The van der Waals surface area contributed by atoms with Gasteiger partial charge in [0.1, 0.15) is 14.1 Å². The summed E-state index contributed by atoms with van der Waals surface area (Å²) in [5.74, 6) is 0.898. The van der Waals surface area contributed by atoms with Crippen LogP contribution in [0, 0.1) is 20.8 Å². The minimum atomic E-state index is 0.898. The van der Waals surface area contributed by atoms with Crippen LogP contribution in [0.25, 0.3) is 22.7 Å². The lowest BCUT2D eigenvalue weighted by molar-refractivity contribution is -0.662. The normalized spacial score (nSPS) is 11.0. The molecule has 0 radical (unpaired) electrons. The molecule has 0 saturated heterocycles. The van der Waals surface area contributed by atoms with Gasteiger partial charge in [0.15, 0.2) is 12.5 Å². The van der Waals surface area contributed by atoms with E-state index in [-0.39, 0.29) is 0 Å². The maximum Gasteiger partial charge on any atom is 0.380 e. The van der Waals surface area contributed by atoms with E-state index in [0.717, 1.165) is 5.89 Å². The Bertz CT molecular complexity index is 847. The van der Waals surface area contributed by atoms with Gasteiger partial charge in [-0.25, -0.2) is 4.57 Å². The third kappa shape index (κ3) is 2.23. The average Bonchev–Trinajstić information content (AvgIpc) is 2.87. The molecule has 3 rings (SSSR count). The molecule has 2 heterocycles. The molecule has 0 unspecified atom stereocenters. The van der Waals surface area contributed by atoms with Gasteiger partial charge in [0.05, 0.1) is 11.1 Å². The molecule has 0 atom stereocenters. The van der Waals surface area contributed by atoms with Crippen LogP contribution in [-0.4, -0.2) is 0 Å². The fourth-order valence-electron chi connectivity index (χ4n) is 3.26. The van der Waals surface area contributed by atoms with Gasteiger partial charge in [0.2, 0.25) is 11.9 Å². The van der Waals surface area contributed by atoms with E-state index in [1.54, 1.807) is 6.26 Å². The predicted octanol–water partition coefficient (Wildman–Crippen LogP) is 3.19. The van der Waals surface area contributed by atoms with Gasteiger partial charge < -0.3 is 4.42 Å². The summed E-state index contributed by atoms with van der Waals surface area (Å²) in [6, 6.07) is 8.54. The first-order chi connectivity index (χ1) is 10.5. The second-order valence-electron chi connectivity index (χ2n) is 5.90. The van der Waals surface area contributed by atoms with Crippen molar-refractivity contribution in [2.75, 3.05) is 0 Å². The van der Waals surface area contributed by atoms with E-state index in [2.05, 4.69) is 62.8 Å². The number of aromatic nitrogens is 2. The number of hydrogen-bond donors (Lipinski definition) is 0. The van der Waals surface area contributed by atoms with Crippen LogP contribution in [0.15, 0.2) is 47.3 Å². The number of hydrogen-bond acceptors (Lipinski definition) is 1. The minimum absolute atomic E-state index is 0.898. The molecule has 22 heavy (non-hydrogen) atoms. The van der Waals surface area contributed by atoms with Crippen LogP contribution in [0.3, 0.4) is 0 Å². The van der Waals surface area contributed by atoms with Crippen LogP contribution in [0.1, 0.15) is 16.7 Å². The molecule has 3 nitrogen and oxygen atoms in total. The Morgan fingerprint density at radius 3 is 2.23 bits per heavy atom. The third-order valence-corrected chi connectivity index (χ3v) is 4.28. The zero-order chi connectivity index (χ0) is 15.9. The number of rotatable bonds is 2. The smallest absolute Gasteiger partial charge is 0.380 e. The Morgan fingerprint density at radius 1 is 0.864 bits per heavy atom. The Hall–Kier alpha value is -2.42. The maximum atomic E-state index is 5.73. The number of pyridine rings is 1. The predicted molar refractivity (Wildman–Crippen MR) is 86.1 cm³/mol. The van der Waals surface area contributed by atoms with Gasteiger partial charge in [-0.15, -0.1) is 0 Å². The van der Waals surface area contributed by atoms with Gasteiger partial charge >= 0.3 is 5.89 Å². The molecule has 0 fully saturated rings. The van der Waals surface area contributed by atoms with Gasteiger partial charge in [-0.1, -0.05) is 6.07 Å². The van der Waals surface area contributed by atoms with E-state index in [1.165, 1.54) is 33.5 Å². The first-order valence-electron chi connectivity index (χ1n) is 7.50. The molecule has 0 aliphatic rings. The number of benzene rings is 1. The Balaban J connectivity index is 2.34. The second-order valence-corrected chi connectivity index (χ2v) is 5.90. The standard InChI is InChI=1S/C19H22N2O/c1-13-12-14(2)18(19-21(5)10-11-22-19)15(3)17(13)16-8-6-7-9-20(16)4/h6-12H,1-5H3/q+2. The fourth-order valence-corrected chi connectivity index (χ4v) is 3.26. The minimum Gasteiger partial charge on any atom is -0.406 e. The molecular weight excluding hydrogens is 272 g/mol. The van der Waals surface area contributed by atoms with Gasteiger partial charge in [0, 0.05) is 12.1 Å². The molecule has 1 aromatic carbocycles. The van der Waals surface area contributed by atoms with Crippen LogP contribution in [-0.2, 0) is 14.1 Å². The molecular formula is C19H22N2O+2. The quantitative estimate of drug-likeness (QED) is 0.665. The summed E-state index contributed by atoms with van der Waals surface area (Å²) in [6.07, 6.45) is 5.76. The fraction of sp³-hybridized carbons (Fsp3) is 0.263. The van der Waals surface area contributed by atoms with Crippen molar-refractivity contribution in [3.63, 3.8) is 0 Å². The van der Waals surface area contributed by atoms with Gasteiger partial charge in [-0.05, 0) is 43.5 Å². The van der Waals surface area contributed by atoms with Crippen molar-refractivity contribution < 1.29 is 13.6 Å². The molecule has 0 N–H and O–H groups in total. The van der Waals surface area contributed by atoms with Crippen LogP contribution in [0.4, 0.5) is 0 Å². The Labute approximate surface area is 131 Å².